The van der Waals surface area contributed by atoms with Crippen LogP contribution in [0.2, 0.25) is 5.02 Å². The lowest BCUT2D eigenvalue weighted by Gasteiger charge is -2.19. The van der Waals surface area contributed by atoms with Crippen LogP contribution < -0.4 is 14.8 Å². The van der Waals surface area contributed by atoms with Crippen molar-refractivity contribution in [3.8, 4) is 11.5 Å². The van der Waals surface area contributed by atoms with E-state index in [-0.39, 0.29) is 0 Å². The SMILES string of the molecule is COc1cc(CNCCC(C)(C)C(=O)O)ccc1OCc1ccc(Cl)cc1. The van der Waals surface area contributed by atoms with Crippen LogP contribution >= 0.6 is 11.6 Å². The van der Waals surface area contributed by atoms with E-state index in [9.17, 15) is 4.79 Å². The van der Waals surface area contributed by atoms with E-state index < -0.39 is 11.4 Å². The van der Waals surface area contributed by atoms with Gasteiger partial charge in [-0.15, -0.1) is 0 Å². The first-order valence-electron chi connectivity index (χ1n) is 8.80. The van der Waals surface area contributed by atoms with Gasteiger partial charge in [-0.05, 0) is 62.2 Å². The highest BCUT2D eigenvalue weighted by atomic mass is 35.5. The molecule has 0 aromatic heterocycles. The zero-order chi connectivity index (χ0) is 19.9. The van der Waals surface area contributed by atoms with Crippen molar-refractivity contribution >= 4 is 17.6 Å². The standard InChI is InChI=1S/C21H26ClNO4/c1-21(2,20(24)25)10-11-23-13-16-6-9-18(19(12-16)26-3)27-14-15-4-7-17(22)8-5-15/h4-9,12,23H,10-11,13-14H2,1-3H3,(H,24,25). The van der Waals surface area contributed by atoms with Crippen molar-refractivity contribution in [1.29, 1.82) is 0 Å². The molecule has 2 N–H and O–H groups in total. The van der Waals surface area contributed by atoms with Gasteiger partial charge < -0.3 is 19.9 Å². The summed E-state index contributed by atoms with van der Waals surface area (Å²) in [6, 6.07) is 13.3. The van der Waals surface area contributed by atoms with Crippen LogP contribution in [0.3, 0.4) is 0 Å². The number of benzene rings is 2. The predicted molar refractivity (Wildman–Crippen MR) is 107 cm³/mol. The summed E-state index contributed by atoms with van der Waals surface area (Å²) in [7, 11) is 1.61. The van der Waals surface area contributed by atoms with Crippen LogP contribution in [0.15, 0.2) is 42.5 Å². The molecule has 0 aliphatic rings. The van der Waals surface area contributed by atoms with Crippen LogP contribution in [-0.2, 0) is 17.9 Å². The van der Waals surface area contributed by atoms with Crippen LogP contribution in [0.4, 0.5) is 0 Å². The molecule has 0 saturated heterocycles. The highest BCUT2D eigenvalue weighted by Crippen LogP contribution is 2.29. The summed E-state index contributed by atoms with van der Waals surface area (Å²) in [4.78, 5) is 11.1. The van der Waals surface area contributed by atoms with E-state index in [0.717, 1.165) is 11.1 Å². The summed E-state index contributed by atoms with van der Waals surface area (Å²) in [5, 5.41) is 13.1. The molecule has 0 aliphatic carbocycles. The van der Waals surface area contributed by atoms with E-state index in [1.54, 1.807) is 21.0 Å². The van der Waals surface area contributed by atoms with E-state index in [4.69, 9.17) is 26.2 Å². The Labute approximate surface area is 165 Å². The number of carbonyl (C=O) groups is 1. The lowest BCUT2D eigenvalue weighted by molar-refractivity contribution is -0.147. The van der Waals surface area contributed by atoms with E-state index in [0.29, 0.717) is 42.6 Å². The van der Waals surface area contributed by atoms with Gasteiger partial charge in [-0.25, -0.2) is 0 Å². The van der Waals surface area contributed by atoms with Gasteiger partial charge in [-0.1, -0.05) is 29.8 Å². The number of aliphatic carboxylic acids is 1. The zero-order valence-electron chi connectivity index (χ0n) is 15.9. The molecule has 2 aromatic carbocycles. The molecule has 5 nitrogen and oxygen atoms in total. The molecule has 2 rings (SSSR count). The van der Waals surface area contributed by atoms with Crippen molar-refractivity contribution < 1.29 is 19.4 Å². The fourth-order valence-corrected chi connectivity index (χ4v) is 2.55. The van der Waals surface area contributed by atoms with Gasteiger partial charge in [0.05, 0.1) is 12.5 Å². The zero-order valence-corrected chi connectivity index (χ0v) is 16.7. The summed E-state index contributed by atoms with van der Waals surface area (Å²) in [5.74, 6) is 0.547. The maximum Gasteiger partial charge on any atom is 0.309 e. The fourth-order valence-electron chi connectivity index (χ4n) is 2.42. The molecule has 0 fully saturated rings. The molecule has 0 amide bonds. The van der Waals surface area contributed by atoms with Crippen molar-refractivity contribution in [2.24, 2.45) is 5.41 Å². The third kappa shape index (κ3) is 6.45. The van der Waals surface area contributed by atoms with Crippen molar-refractivity contribution in [1.82, 2.24) is 5.32 Å². The normalized spacial score (nSPS) is 11.3. The second-order valence-corrected chi connectivity index (χ2v) is 7.45. The Morgan fingerprint density at radius 1 is 1.11 bits per heavy atom. The Balaban J connectivity index is 1.89. The maximum atomic E-state index is 11.1. The van der Waals surface area contributed by atoms with Crippen molar-refractivity contribution in [3.63, 3.8) is 0 Å². The third-order valence-electron chi connectivity index (χ3n) is 4.37. The molecule has 0 radical (unpaired) electrons. The number of carboxylic acid groups (broad SMARTS) is 1. The molecule has 0 saturated carbocycles. The number of carboxylic acids is 1. The summed E-state index contributed by atoms with van der Waals surface area (Å²) in [6.07, 6.45) is 0.557. The van der Waals surface area contributed by atoms with Gasteiger partial charge >= 0.3 is 5.97 Å². The molecule has 146 valence electrons. The molecular formula is C21H26ClNO4. The molecular weight excluding hydrogens is 366 g/mol. The lowest BCUT2D eigenvalue weighted by atomic mass is 9.90. The number of ether oxygens (including phenoxy) is 2. The van der Waals surface area contributed by atoms with Crippen molar-refractivity contribution in [2.45, 2.75) is 33.4 Å². The quantitative estimate of drug-likeness (QED) is 0.583. The van der Waals surface area contributed by atoms with Gasteiger partial charge in [0.2, 0.25) is 0 Å². The first kappa shape index (κ1) is 21.1. The van der Waals surface area contributed by atoms with E-state index in [1.165, 1.54) is 0 Å². The van der Waals surface area contributed by atoms with E-state index in [2.05, 4.69) is 5.32 Å². The largest absolute Gasteiger partial charge is 0.493 e. The highest BCUT2D eigenvalue weighted by molar-refractivity contribution is 6.30. The monoisotopic (exact) mass is 391 g/mol. The van der Waals surface area contributed by atoms with Crippen LogP contribution in [0.1, 0.15) is 31.4 Å². The number of rotatable bonds is 10. The van der Waals surface area contributed by atoms with Crippen molar-refractivity contribution in [2.75, 3.05) is 13.7 Å². The van der Waals surface area contributed by atoms with Gasteiger partial charge in [-0.3, -0.25) is 4.79 Å². The number of hydrogen-bond acceptors (Lipinski definition) is 4. The van der Waals surface area contributed by atoms with E-state index in [1.807, 2.05) is 42.5 Å². The smallest absolute Gasteiger partial charge is 0.309 e. The van der Waals surface area contributed by atoms with Gasteiger partial charge in [0.15, 0.2) is 11.5 Å². The fraction of sp³-hybridized carbons (Fsp3) is 0.381. The van der Waals surface area contributed by atoms with Crippen LogP contribution in [-0.4, -0.2) is 24.7 Å². The van der Waals surface area contributed by atoms with Gasteiger partial charge in [-0.2, -0.15) is 0 Å². The first-order valence-corrected chi connectivity index (χ1v) is 9.18. The topological polar surface area (TPSA) is 67.8 Å². The molecule has 27 heavy (non-hydrogen) atoms. The number of methoxy groups -OCH3 is 1. The molecule has 0 spiro atoms. The average molecular weight is 392 g/mol. The Morgan fingerprint density at radius 3 is 2.41 bits per heavy atom. The summed E-state index contributed by atoms with van der Waals surface area (Å²) < 4.78 is 11.3. The van der Waals surface area contributed by atoms with Crippen molar-refractivity contribution in [3.05, 3.63) is 58.6 Å². The summed E-state index contributed by atoms with van der Waals surface area (Å²) >= 11 is 5.89. The van der Waals surface area contributed by atoms with Gasteiger partial charge in [0.1, 0.15) is 6.61 Å². The first-order chi connectivity index (χ1) is 12.8. The number of nitrogens with one attached hydrogen (secondary N) is 1. The van der Waals surface area contributed by atoms with Crippen LogP contribution in [0, 0.1) is 5.41 Å². The predicted octanol–water partition coefficient (Wildman–Crippen LogP) is 4.52. The molecule has 0 heterocycles. The Hall–Kier alpha value is -2.24. The Kier molecular flexibility index (Phi) is 7.51. The second kappa shape index (κ2) is 9.62. The minimum Gasteiger partial charge on any atom is -0.493 e. The minimum atomic E-state index is -0.784. The minimum absolute atomic E-state index is 0.426. The summed E-state index contributed by atoms with van der Waals surface area (Å²) in [6.45, 7) is 5.13. The Morgan fingerprint density at radius 2 is 1.78 bits per heavy atom. The maximum absolute atomic E-state index is 11.1. The van der Waals surface area contributed by atoms with Crippen LogP contribution in [0.25, 0.3) is 0 Å². The molecule has 0 bridgehead atoms. The lowest BCUT2D eigenvalue weighted by Crippen LogP contribution is -2.28. The second-order valence-electron chi connectivity index (χ2n) is 7.02. The van der Waals surface area contributed by atoms with Crippen LogP contribution in [0.5, 0.6) is 11.5 Å². The number of hydrogen-bond donors (Lipinski definition) is 2. The number of halogens is 1. The highest BCUT2D eigenvalue weighted by Gasteiger charge is 2.26. The van der Waals surface area contributed by atoms with Gasteiger partial charge in [0, 0.05) is 11.6 Å². The Bertz CT molecular complexity index is 759. The molecule has 6 heteroatoms. The molecule has 0 unspecified atom stereocenters. The van der Waals surface area contributed by atoms with Gasteiger partial charge in [0.25, 0.3) is 0 Å². The van der Waals surface area contributed by atoms with E-state index >= 15 is 0 Å². The molecule has 0 atom stereocenters. The molecule has 0 aliphatic heterocycles. The molecule has 2 aromatic rings. The average Bonchev–Trinajstić information content (AvgIpc) is 2.65. The third-order valence-corrected chi connectivity index (χ3v) is 4.62. The summed E-state index contributed by atoms with van der Waals surface area (Å²) in [5.41, 5.74) is 1.33.